The van der Waals surface area contributed by atoms with E-state index in [1.165, 1.54) is 34.7 Å². The van der Waals surface area contributed by atoms with Crippen molar-refractivity contribution < 1.29 is 9.18 Å². The van der Waals surface area contributed by atoms with Crippen LogP contribution in [0.2, 0.25) is 0 Å². The maximum absolute atomic E-state index is 13.8. The van der Waals surface area contributed by atoms with E-state index in [0.29, 0.717) is 9.47 Å². The number of benzene rings is 2. The van der Waals surface area contributed by atoms with Gasteiger partial charge in [0, 0.05) is 5.69 Å². The highest BCUT2D eigenvalue weighted by Gasteiger charge is 2.10. The maximum atomic E-state index is 13.8. The molecule has 3 rings (SSSR count). The standard InChI is InChI=1S/C18H17FN4OS2/c1-11-3-6-13(7-4-11)20-17-22-23-18(26-17)25-10-16(24)21-15-8-5-12(2)9-14(15)19/h3-9H,10H2,1-2H3,(H,20,22)(H,21,24). The molecule has 0 radical (unpaired) electrons. The fourth-order valence-corrected chi connectivity index (χ4v) is 3.69. The molecule has 1 heterocycles. The second-order valence-electron chi connectivity index (χ2n) is 5.68. The highest BCUT2D eigenvalue weighted by molar-refractivity contribution is 8.01. The number of amides is 1. The summed E-state index contributed by atoms with van der Waals surface area (Å²) in [5, 5.41) is 14.5. The van der Waals surface area contributed by atoms with Crippen LogP contribution in [0.25, 0.3) is 0 Å². The summed E-state index contributed by atoms with van der Waals surface area (Å²) in [7, 11) is 0. The normalized spacial score (nSPS) is 10.6. The molecule has 5 nitrogen and oxygen atoms in total. The largest absolute Gasteiger partial charge is 0.330 e. The molecule has 0 aliphatic carbocycles. The van der Waals surface area contributed by atoms with Crippen molar-refractivity contribution in [3.8, 4) is 0 Å². The van der Waals surface area contributed by atoms with Crippen LogP contribution in [0.5, 0.6) is 0 Å². The monoisotopic (exact) mass is 388 g/mol. The van der Waals surface area contributed by atoms with Crippen LogP contribution in [0.15, 0.2) is 46.8 Å². The van der Waals surface area contributed by atoms with Crippen molar-refractivity contribution in [2.45, 2.75) is 18.2 Å². The van der Waals surface area contributed by atoms with E-state index >= 15 is 0 Å². The molecule has 8 heteroatoms. The molecule has 134 valence electrons. The second kappa shape index (κ2) is 8.29. The zero-order chi connectivity index (χ0) is 18.5. The van der Waals surface area contributed by atoms with E-state index in [2.05, 4.69) is 20.8 Å². The summed E-state index contributed by atoms with van der Waals surface area (Å²) in [6, 6.07) is 12.6. The lowest BCUT2D eigenvalue weighted by Crippen LogP contribution is -2.15. The number of hydrogen-bond acceptors (Lipinski definition) is 6. The van der Waals surface area contributed by atoms with Crippen LogP contribution >= 0.6 is 23.1 Å². The van der Waals surface area contributed by atoms with Crippen molar-refractivity contribution in [1.82, 2.24) is 10.2 Å². The lowest BCUT2D eigenvalue weighted by molar-refractivity contribution is -0.113. The summed E-state index contributed by atoms with van der Waals surface area (Å²) in [6.45, 7) is 3.82. The zero-order valence-corrected chi connectivity index (χ0v) is 15.9. The molecule has 1 amide bonds. The minimum absolute atomic E-state index is 0.131. The van der Waals surface area contributed by atoms with Crippen molar-refractivity contribution in [3.05, 3.63) is 59.4 Å². The summed E-state index contributed by atoms with van der Waals surface area (Å²) in [5.41, 5.74) is 3.09. The molecule has 0 spiro atoms. The number of halogens is 1. The number of nitrogens with zero attached hydrogens (tertiary/aromatic N) is 2. The fourth-order valence-electron chi connectivity index (χ4n) is 2.11. The SMILES string of the molecule is Cc1ccc(Nc2nnc(SCC(=O)Nc3ccc(C)cc3F)s2)cc1. The third kappa shape index (κ3) is 5.03. The number of hydrogen-bond donors (Lipinski definition) is 2. The number of aromatic nitrogens is 2. The summed E-state index contributed by atoms with van der Waals surface area (Å²) in [5.74, 6) is -0.600. The predicted molar refractivity (Wildman–Crippen MR) is 105 cm³/mol. The Bertz CT molecular complexity index is 912. The molecule has 0 atom stereocenters. The second-order valence-corrected chi connectivity index (χ2v) is 7.88. The van der Waals surface area contributed by atoms with Crippen molar-refractivity contribution in [1.29, 1.82) is 0 Å². The quantitative estimate of drug-likeness (QED) is 0.596. The lowest BCUT2D eigenvalue weighted by atomic mass is 10.2. The van der Waals surface area contributed by atoms with Crippen molar-refractivity contribution in [3.63, 3.8) is 0 Å². The van der Waals surface area contributed by atoms with E-state index in [9.17, 15) is 9.18 Å². The Balaban J connectivity index is 1.52. The van der Waals surface area contributed by atoms with E-state index in [0.717, 1.165) is 11.3 Å². The van der Waals surface area contributed by atoms with Crippen LogP contribution in [0, 0.1) is 19.7 Å². The number of carbonyl (C=O) groups is 1. The van der Waals surface area contributed by atoms with Gasteiger partial charge in [0.1, 0.15) is 5.82 Å². The van der Waals surface area contributed by atoms with Crippen LogP contribution in [0.3, 0.4) is 0 Å². The van der Waals surface area contributed by atoms with Gasteiger partial charge in [-0.2, -0.15) is 0 Å². The molecule has 0 aliphatic heterocycles. The van der Waals surface area contributed by atoms with Gasteiger partial charge in [-0.3, -0.25) is 4.79 Å². The Labute approximate surface area is 159 Å². The molecule has 2 N–H and O–H groups in total. The Morgan fingerprint density at radius 2 is 1.85 bits per heavy atom. The third-order valence-corrected chi connectivity index (χ3v) is 5.41. The molecule has 0 bridgehead atoms. The molecule has 0 aliphatic rings. The van der Waals surface area contributed by atoms with Crippen LogP contribution in [-0.2, 0) is 4.79 Å². The first-order chi connectivity index (χ1) is 12.5. The lowest BCUT2D eigenvalue weighted by Gasteiger charge is -2.06. The van der Waals surface area contributed by atoms with Crippen LogP contribution < -0.4 is 10.6 Å². The number of anilines is 3. The first-order valence-electron chi connectivity index (χ1n) is 7.85. The van der Waals surface area contributed by atoms with Crippen LogP contribution in [0.1, 0.15) is 11.1 Å². The van der Waals surface area contributed by atoms with Crippen molar-refractivity contribution in [2.75, 3.05) is 16.4 Å². The molecule has 0 unspecified atom stereocenters. The first kappa shape index (κ1) is 18.3. The van der Waals surface area contributed by atoms with Gasteiger partial charge < -0.3 is 10.6 Å². The van der Waals surface area contributed by atoms with E-state index < -0.39 is 5.82 Å². The number of nitrogens with one attached hydrogen (secondary N) is 2. The van der Waals surface area contributed by atoms with Gasteiger partial charge in [-0.05, 0) is 43.7 Å². The predicted octanol–water partition coefficient (Wildman–Crippen LogP) is 4.77. The van der Waals surface area contributed by atoms with E-state index in [-0.39, 0.29) is 17.3 Å². The number of rotatable bonds is 6. The van der Waals surface area contributed by atoms with Gasteiger partial charge in [0.25, 0.3) is 0 Å². The van der Waals surface area contributed by atoms with Gasteiger partial charge in [0.05, 0.1) is 11.4 Å². The maximum Gasteiger partial charge on any atom is 0.234 e. The molecule has 0 fully saturated rings. The molecule has 1 aromatic heterocycles. The van der Waals surface area contributed by atoms with Gasteiger partial charge in [-0.15, -0.1) is 10.2 Å². The number of aryl methyl sites for hydroxylation is 2. The highest BCUT2D eigenvalue weighted by atomic mass is 32.2. The third-order valence-electron chi connectivity index (χ3n) is 3.43. The Hall–Kier alpha value is -2.45. The number of carbonyl (C=O) groups excluding carboxylic acids is 1. The molecular formula is C18H17FN4OS2. The van der Waals surface area contributed by atoms with E-state index in [1.54, 1.807) is 19.1 Å². The molecule has 3 aromatic rings. The smallest absolute Gasteiger partial charge is 0.234 e. The van der Waals surface area contributed by atoms with Crippen molar-refractivity contribution in [2.24, 2.45) is 0 Å². The summed E-state index contributed by atoms with van der Waals surface area (Å²) in [4.78, 5) is 12.0. The summed E-state index contributed by atoms with van der Waals surface area (Å²) in [6.07, 6.45) is 0. The van der Waals surface area contributed by atoms with Gasteiger partial charge in [-0.1, -0.05) is 46.9 Å². The molecule has 2 aromatic carbocycles. The van der Waals surface area contributed by atoms with E-state index in [4.69, 9.17) is 0 Å². The molecule has 26 heavy (non-hydrogen) atoms. The fraction of sp³-hybridized carbons (Fsp3) is 0.167. The average Bonchev–Trinajstić information content (AvgIpc) is 3.05. The molecule has 0 saturated heterocycles. The number of thioether (sulfide) groups is 1. The van der Waals surface area contributed by atoms with Crippen LogP contribution in [-0.4, -0.2) is 21.9 Å². The summed E-state index contributed by atoms with van der Waals surface area (Å²) < 4.78 is 14.4. The average molecular weight is 388 g/mol. The van der Waals surface area contributed by atoms with Crippen LogP contribution in [0.4, 0.5) is 20.9 Å². The van der Waals surface area contributed by atoms with Gasteiger partial charge >= 0.3 is 0 Å². The minimum Gasteiger partial charge on any atom is -0.330 e. The Morgan fingerprint density at radius 3 is 2.58 bits per heavy atom. The van der Waals surface area contributed by atoms with Gasteiger partial charge in [0.2, 0.25) is 11.0 Å². The zero-order valence-electron chi connectivity index (χ0n) is 14.2. The molecule has 0 saturated carbocycles. The Kier molecular flexibility index (Phi) is 5.85. The summed E-state index contributed by atoms with van der Waals surface area (Å²) >= 11 is 2.62. The topological polar surface area (TPSA) is 66.9 Å². The Morgan fingerprint density at radius 1 is 1.12 bits per heavy atom. The van der Waals surface area contributed by atoms with Crippen molar-refractivity contribution >= 4 is 45.5 Å². The van der Waals surface area contributed by atoms with E-state index in [1.807, 2.05) is 31.2 Å². The molecular weight excluding hydrogens is 371 g/mol. The first-order valence-corrected chi connectivity index (χ1v) is 9.66. The highest BCUT2D eigenvalue weighted by Crippen LogP contribution is 2.28. The van der Waals surface area contributed by atoms with Gasteiger partial charge in [-0.25, -0.2) is 4.39 Å². The van der Waals surface area contributed by atoms with Gasteiger partial charge in [0.15, 0.2) is 4.34 Å². The minimum atomic E-state index is -0.441.